The highest BCUT2D eigenvalue weighted by Gasteiger charge is 2.10. The number of hydrogen-bond acceptors (Lipinski definition) is 4. The summed E-state index contributed by atoms with van der Waals surface area (Å²) in [6.07, 6.45) is 0. The molecule has 1 amide bonds. The van der Waals surface area contributed by atoms with Gasteiger partial charge in [0.15, 0.2) is 11.5 Å². The molecule has 0 heterocycles. The van der Waals surface area contributed by atoms with Crippen LogP contribution in [0.5, 0.6) is 11.5 Å². The van der Waals surface area contributed by atoms with Crippen LogP contribution in [0.3, 0.4) is 0 Å². The third kappa shape index (κ3) is 2.77. The van der Waals surface area contributed by atoms with E-state index in [0.717, 1.165) is 5.56 Å². The Balaban J connectivity index is 2.23. The third-order valence-electron chi connectivity index (χ3n) is 2.74. The van der Waals surface area contributed by atoms with E-state index >= 15 is 0 Å². The van der Waals surface area contributed by atoms with Gasteiger partial charge in [0.1, 0.15) is 0 Å². The molecule has 0 aliphatic heterocycles. The first-order valence-electron chi connectivity index (χ1n) is 5.67. The SMILES string of the molecule is Cc1cc(N)ccc1NC(=O)c1ccc(O)c(O)c1. The van der Waals surface area contributed by atoms with Crippen LogP contribution in [0.25, 0.3) is 0 Å². The summed E-state index contributed by atoms with van der Waals surface area (Å²) in [5, 5.41) is 21.3. The van der Waals surface area contributed by atoms with Crippen molar-refractivity contribution in [2.75, 3.05) is 11.1 Å². The van der Waals surface area contributed by atoms with Gasteiger partial charge in [0.25, 0.3) is 5.91 Å². The number of nitrogens with two attached hydrogens (primary N) is 1. The molecule has 98 valence electrons. The van der Waals surface area contributed by atoms with Crippen LogP contribution in [0.15, 0.2) is 36.4 Å². The Hall–Kier alpha value is -2.69. The molecule has 0 aromatic heterocycles. The first kappa shape index (κ1) is 12.8. The van der Waals surface area contributed by atoms with Gasteiger partial charge in [-0.25, -0.2) is 0 Å². The smallest absolute Gasteiger partial charge is 0.255 e. The van der Waals surface area contributed by atoms with E-state index in [4.69, 9.17) is 5.73 Å². The highest BCUT2D eigenvalue weighted by Crippen LogP contribution is 2.25. The van der Waals surface area contributed by atoms with Crippen LogP contribution in [-0.4, -0.2) is 16.1 Å². The van der Waals surface area contributed by atoms with Crippen LogP contribution in [0.1, 0.15) is 15.9 Å². The molecule has 0 aliphatic carbocycles. The summed E-state index contributed by atoms with van der Waals surface area (Å²) in [5.74, 6) is -0.968. The van der Waals surface area contributed by atoms with Crippen LogP contribution in [0, 0.1) is 6.92 Å². The number of rotatable bonds is 2. The lowest BCUT2D eigenvalue weighted by atomic mass is 10.1. The van der Waals surface area contributed by atoms with Gasteiger partial charge in [-0.05, 0) is 48.9 Å². The van der Waals surface area contributed by atoms with Gasteiger partial charge in [0.2, 0.25) is 0 Å². The number of benzene rings is 2. The maximum absolute atomic E-state index is 12.0. The lowest BCUT2D eigenvalue weighted by Gasteiger charge is -2.09. The molecule has 5 N–H and O–H groups in total. The molecule has 0 aliphatic rings. The number of phenolic OH excluding ortho intramolecular Hbond substituents is 2. The number of amides is 1. The number of nitrogens with one attached hydrogen (secondary N) is 1. The van der Waals surface area contributed by atoms with Crippen molar-refractivity contribution in [3.63, 3.8) is 0 Å². The maximum atomic E-state index is 12.0. The summed E-state index contributed by atoms with van der Waals surface area (Å²) in [6, 6.07) is 9.05. The molecule has 0 fully saturated rings. The van der Waals surface area contributed by atoms with E-state index in [9.17, 15) is 15.0 Å². The number of hydrogen-bond donors (Lipinski definition) is 4. The fourth-order valence-corrected chi connectivity index (χ4v) is 1.69. The lowest BCUT2D eigenvalue weighted by molar-refractivity contribution is 0.102. The third-order valence-corrected chi connectivity index (χ3v) is 2.74. The molecule has 5 heteroatoms. The minimum Gasteiger partial charge on any atom is -0.504 e. The van der Waals surface area contributed by atoms with E-state index in [1.807, 2.05) is 6.92 Å². The van der Waals surface area contributed by atoms with Crippen molar-refractivity contribution in [3.05, 3.63) is 47.5 Å². The van der Waals surface area contributed by atoms with Gasteiger partial charge >= 0.3 is 0 Å². The fourth-order valence-electron chi connectivity index (χ4n) is 1.69. The van der Waals surface area contributed by atoms with Crippen LogP contribution in [-0.2, 0) is 0 Å². The summed E-state index contributed by atoms with van der Waals surface area (Å²) in [6.45, 7) is 1.83. The largest absolute Gasteiger partial charge is 0.504 e. The van der Waals surface area contributed by atoms with Gasteiger partial charge in [-0.15, -0.1) is 0 Å². The number of nitrogen functional groups attached to an aromatic ring is 1. The minimum atomic E-state index is -0.372. The first-order valence-corrected chi connectivity index (χ1v) is 5.67. The Morgan fingerprint density at radius 3 is 2.47 bits per heavy atom. The molecular formula is C14H14N2O3. The normalized spacial score (nSPS) is 10.2. The number of aromatic hydroxyl groups is 2. The van der Waals surface area contributed by atoms with Crippen molar-refractivity contribution < 1.29 is 15.0 Å². The number of carbonyl (C=O) groups excluding carboxylic acids is 1. The van der Waals surface area contributed by atoms with Gasteiger partial charge in [-0.3, -0.25) is 4.79 Å². The molecule has 0 bridgehead atoms. The van der Waals surface area contributed by atoms with E-state index in [0.29, 0.717) is 11.4 Å². The quantitative estimate of drug-likeness (QED) is 0.490. The number of carbonyl (C=O) groups is 1. The van der Waals surface area contributed by atoms with Crippen molar-refractivity contribution in [2.45, 2.75) is 6.92 Å². The fraction of sp³-hybridized carbons (Fsp3) is 0.0714. The number of phenols is 2. The van der Waals surface area contributed by atoms with Gasteiger partial charge in [0.05, 0.1) is 0 Å². The summed E-state index contributed by atoms with van der Waals surface area (Å²) < 4.78 is 0. The van der Waals surface area contributed by atoms with E-state index in [2.05, 4.69) is 5.32 Å². The van der Waals surface area contributed by atoms with E-state index in [-0.39, 0.29) is 23.0 Å². The summed E-state index contributed by atoms with van der Waals surface area (Å²) in [4.78, 5) is 12.0. The molecule has 2 aromatic rings. The molecule has 2 aromatic carbocycles. The van der Waals surface area contributed by atoms with Crippen molar-refractivity contribution in [1.29, 1.82) is 0 Å². The minimum absolute atomic E-state index is 0.256. The predicted molar refractivity (Wildman–Crippen MR) is 73.3 cm³/mol. The highest BCUT2D eigenvalue weighted by atomic mass is 16.3. The molecular weight excluding hydrogens is 244 g/mol. The second kappa shape index (κ2) is 4.89. The first-order chi connectivity index (χ1) is 8.97. The van der Waals surface area contributed by atoms with Gasteiger partial charge < -0.3 is 21.3 Å². The van der Waals surface area contributed by atoms with Gasteiger partial charge in [0, 0.05) is 16.9 Å². The second-order valence-electron chi connectivity index (χ2n) is 4.23. The Kier molecular flexibility index (Phi) is 3.29. The van der Waals surface area contributed by atoms with Crippen molar-refractivity contribution in [1.82, 2.24) is 0 Å². The molecule has 0 saturated carbocycles. The second-order valence-corrected chi connectivity index (χ2v) is 4.23. The molecule has 0 spiro atoms. The Morgan fingerprint density at radius 2 is 1.84 bits per heavy atom. The molecule has 19 heavy (non-hydrogen) atoms. The predicted octanol–water partition coefficient (Wildman–Crippen LogP) is 2.24. The zero-order chi connectivity index (χ0) is 14.0. The van der Waals surface area contributed by atoms with E-state index in [1.165, 1.54) is 18.2 Å². The standard InChI is InChI=1S/C14H14N2O3/c1-8-6-10(15)3-4-11(8)16-14(19)9-2-5-12(17)13(18)7-9/h2-7,17-18H,15H2,1H3,(H,16,19). The maximum Gasteiger partial charge on any atom is 0.255 e. The van der Waals surface area contributed by atoms with Gasteiger partial charge in [-0.1, -0.05) is 0 Å². The molecule has 0 radical (unpaired) electrons. The van der Waals surface area contributed by atoms with Crippen LogP contribution >= 0.6 is 0 Å². The highest BCUT2D eigenvalue weighted by molar-refractivity contribution is 6.05. The summed E-state index contributed by atoms with van der Waals surface area (Å²) in [5.41, 5.74) is 8.00. The summed E-state index contributed by atoms with van der Waals surface area (Å²) >= 11 is 0. The molecule has 0 unspecified atom stereocenters. The lowest BCUT2D eigenvalue weighted by Crippen LogP contribution is -2.12. The molecule has 5 nitrogen and oxygen atoms in total. The zero-order valence-electron chi connectivity index (χ0n) is 10.3. The molecule has 0 saturated heterocycles. The van der Waals surface area contributed by atoms with Crippen molar-refractivity contribution in [2.24, 2.45) is 0 Å². The Morgan fingerprint density at radius 1 is 1.11 bits per heavy atom. The average molecular weight is 258 g/mol. The van der Waals surface area contributed by atoms with Gasteiger partial charge in [-0.2, -0.15) is 0 Å². The monoisotopic (exact) mass is 258 g/mol. The van der Waals surface area contributed by atoms with Crippen LogP contribution < -0.4 is 11.1 Å². The number of aryl methyl sites for hydroxylation is 1. The van der Waals surface area contributed by atoms with Crippen molar-refractivity contribution in [3.8, 4) is 11.5 Å². The summed E-state index contributed by atoms with van der Waals surface area (Å²) in [7, 11) is 0. The Bertz CT molecular complexity index is 639. The average Bonchev–Trinajstić information content (AvgIpc) is 2.36. The zero-order valence-corrected chi connectivity index (χ0v) is 10.3. The topological polar surface area (TPSA) is 95.6 Å². The Labute approximate surface area is 110 Å². The number of anilines is 2. The van der Waals surface area contributed by atoms with E-state index in [1.54, 1.807) is 18.2 Å². The van der Waals surface area contributed by atoms with Crippen molar-refractivity contribution >= 4 is 17.3 Å². The van der Waals surface area contributed by atoms with E-state index < -0.39 is 0 Å². The van der Waals surface area contributed by atoms with Crippen LogP contribution in [0.4, 0.5) is 11.4 Å². The molecule has 0 atom stereocenters. The van der Waals surface area contributed by atoms with Crippen LogP contribution in [0.2, 0.25) is 0 Å². The molecule has 2 rings (SSSR count).